The number of amides is 2. The van der Waals surface area contributed by atoms with Crippen LogP contribution in [0.1, 0.15) is 27.2 Å². The van der Waals surface area contributed by atoms with E-state index in [1.165, 1.54) is 6.08 Å². The number of imide groups is 1. The van der Waals surface area contributed by atoms with Gasteiger partial charge in [0.1, 0.15) is 0 Å². The first-order valence-corrected chi connectivity index (χ1v) is 4.51. The molecule has 0 rings (SSSR count). The van der Waals surface area contributed by atoms with Crippen molar-refractivity contribution < 1.29 is 14.7 Å². The van der Waals surface area contributed by atoms with Crippen molar-refractivity contribution in [3.05, 3.63) is 12.2 Å². The Morgan fingerprint density at radius 2 is 2.07 bits per heavy atom. The van der Waals surface area contributed by atoms with Crippen LogP contribution in [0.5, 0.6) is 0 Å². The number of rotatable bonds is 5. The molecular weight excluding hydrogens is 182 g/mol. The SMILES string of the molecule is C/C=C\C(=O)N(C=O)C(C)(C)CCO. The number of hydrogen-bond acceptors (Lipinski definition) is 3. The Hall–Kier alpha value is -1.16. The lowest BCUT2D eigenvalue weighted by Crippen LogP contribution is -2.46. The minimum Gasteiger partial charge on any atom is -0.396 e. The zero-order chi connectivity index (χ0) is 11.2. The topological polar surface area (TPSA) is 57.6 Å². The van der Waals surface area contributed by atoms with Crippen LogP contribution in [0.25, 0.3) is 0 Å². The number of carbonyl (C=O) groups is 2. The van der Waals surface area contributed by atoms with Crippen LogP contribution in [0.4, 0.5) is 0 Å². The second-order valence-electron chi connectivity index (χ2n) is 3.60. The number of carbonyl (C=O) groups excluding carboxylic acids is 2. The molecule has 0 aromatic rings. The van der Waals surface area contributed by atoms with Crippen molar-refractivity contribution in [3.63, 3.8) is 0 Å². The molecule has 0 aromatic carbocycles. The highest BCUT2D eigenvalue weighted by atomic mass is 16.3. The Kier molecular flexibility index (Phi) is 5.09. The van der Waals surface area contributed by atoms with Crippen LogP contribution < -0.4 is 0 Å². The Morgan fingerprint density at radius 3 is 2.43 bits per heavy atom. The Morgan fingerprint density at radius 1 is 1.50 bits per heavy atom. The lowest BCUT2D eigenvalue weighted by atomic mass is 9.99. The van der Waals surface area contributed by atoms with Crippen LogP contribution in [0.3, 0.4) is 0 Å². The summed E-state index contributed by atoms with van der Waals surface area (Å²) in [4.78, 5) is 23.2. The standard InChI is InChI=1S/C10H17NO3/c1-4-5-9(14)11(8-13)10(2,3)6-7-12/h4-5,8,12H,6-7H2,1-3H3/b5-4-. The Labute approximate surface area is 84.2 Å². The molecule has 2 amide bonds. The normalized spacial score (nSPS) is 11.7. The first-order chi connectivity index (χ1) is 6.49. The van der Waals surface area contributed by atoms with E-state index in [-0.39, 0.29) is 12.5 Å². The average molecular weight is 199 g/mol. The summed E-state index contributed by atoms with van der Waals surface area (Å²) in [5.41, 5.74) is -0.646. The second-order valence-corrected chi connectivity index (χ2v) is 3.60. The van der Waals surface area contributed by atoms with Gasteiger partial charge in [-0.1, -0.05) is 6.08 Å². The van der Waals surface area contributed by atoms with Crippen LogP contribution >= 0.6 is 0 Å². The molecule has 0 saturated carbocycles. The van der Waals surface area contributed by atoms with E-state index in [0.29, 0.717) is 12.8 Å². The monoisotopic (exact) mass is 199 g/mol. The van der Waals surface area contributed by atoms with Crippen LogP contribution in [-0.4, -0.2) is 34.5 Å². The maximum absolute atomic E-state index is 11.4. The quantitative estimate of drug-likeness (QED) is 0.524. The molecule has 0 aliphatic heterocycles. The molecule has 0 atom stereocenters. The highest BCUT2D eigenvalue weighted by Crippen LogP contribution is 2.17. The van der Waals surface area contributed by atoms with Crippen LogP contribution in [0, 0.1) is 0 Å². The van der Waals surface area contributed by atoms with Crippen molar-refractivity contribution in [3.8, 4) is 0 Å². The van der Waals surface area contributed by atoms with E-state index >= 15 is 0 Å². The highest BCUT2D eigenvalue weighted by Gasteiger charge is 2.28. The second kappa shape index (κ2) is 5.54. The van der Waals surface area contributed by atoms with E-state index in [2.05, 4.69) is 0 Å². The zero-order valence-corrected chi connectivity index (χ0v) is 8.86. The maximum atomic E-state index is 11.4. The summed E-state index contributed by atoms with van der Waals surface area (Å²) in [5, 5.41) is 8.79. The molecule has 0 heterocycles. The van der Waals surface area contributed by atoms with Gasteiger partial charge < -0.3 is 5.11 Å². The van der Waals surface area contributed by atoms with Gasteiger partial charge >= 0.3 is 0 Å². The molecule has 0 spiro atoms. The van der Waals surface area contributed by atoms with E-state index in [4.69, 9.17) is 5.11 Å². The molecule has 80 valence electrons. The third kappa shape index (κ3) is 3.30. The third-order valence-electron chi connectivity index (χ3n) is 2.03. The molecule has 14 heavy (non-hydrogen) atoms. The third-order valence-corrected chi connectivity index (χ3v) is 2.03. The fraction of sp³-hybridized carbons (Fsp3) is 0.600. The molecule has 0 bridgehead atoms. The van der Waals surface area contributed by atoms with Crippen molar-refractivity contribution in [2.75, 3.05) is 6.61 Å². The summed E-state index contributed by atoms with van der Waals surface area (Å²) in [6.07, 6.45) is 3.77. The van der Waals surface area contributed by atoms with Crippen molar-refractivity contribution in [2.24, 2.45) is 0 Å². The van der Waals surface area contributed by atoms with Gasteiger partial charge in [0, 0.05) is 12.1 Å². The van der Waals surface area contributed by atoms with E-state index in [0.717, 1.165) is 4.90 Å². The first kappa shape index (κ1) is 12.8. The molecular formula is C10H17NO3. The predicted octanol–water partition coefficient (Wildman–Crippen LogP) is 0.708. The molecule has 0 unspecified atom stereocenters. The van der Waals surface area contributed by atoms with Gasteiger partial charge in [0.2, 0.25) is 6.41 Å². The van der Waals surface area contributed by atoms with Gasteiger partial charge in [0.05, 0.1) is 0 Å². The Bertz CT molecular complexity index is 234. The van der Waals surface area contributed by atoms with Crippen LogP contribution in [0.2, 0.25) is 0 Å². The summed E-state index contributed by atoms with van der Waals surface area (Å²) in [7, 11) is 0. The molecule has 0 aliphatic carbocycles. The first-order valence-electron chi connectivity index (χ1n) is 4.51. The van der Waals surface area contributed by atoms with Gasteiger partial charge in [-0.2, -0.15) is 0 Å². The number of hydrogen-bond donors (Lipinski definition) is 1. The van der Waals surface area contributed by atoms with Crippen LogP contribution in [0.15, 0.2) is 12.2 Å². The minimum absolute atomic E-state index is 0.0551. The van der Waals surface area contributed by atoms with E-state index in [1.807, 2.05) is 0 Å². The largest absolute Gasteiger partial charge is 0.396 e. The molecule has 0 fully saturated rings. The number of aliphatic hydroxyl groups excluding tert-OH is 1. The van der Waals surface area contributed by atoms with Gasteiger partial charge in [-0.3, -0.25) is 14.5 Å². The van der Waals surface area contributed by atoms with Gasteiger partial charge in [0.25, 0.3) is 5.91 Å². The average Bonchev–Trinajstić information content (AvgIpc) is 2.04. The maximum Gasteiger partial charge on any atom is 0.253 e. The van der Waals surface area contributed by atoms with Crippen molar-refractivity contribution in [2.45, 2.75) is 32.7 Å². The van der Waals surface area contributed by atoms with Crippen molar-refractivity contribution in [1.82, 2.24) is 4.90 Å². The molecule has 0 saturated heterocycles. The van der Waals surface area contributed by atoms with Gasteiger partial charge in [0.15, 0.2) is 0 Å². The molecule has 1 N–H and O–H groups in total. The van der Waals surface area contributed by atoms with Gasteiger partial charge in [-0.05, 0) is 33.3 Å². The molecule has 4 heteroatoms. The molecule has 4 nitrogen and oxygen atoms in total. The van der Waals surface area contributed by atoms with E-state index < -0.39 is 5.54 Å². The molecule has 0 aromatic heterocycles. The molecule has 0 radical (unpaired) electrons. The van der Waals surface area contributed by atoms with Gasteiger partial charge in [-0.15, -0.1) is 0 Å². The predicted molar refractivity (Wildman–Crippen MR) is 53.5 cm³/mol. The number of nitrogens with zero attached hydrogens (tertiary/aromatic N) is 1. The lowest BCUT2D eigenvalue weighted by molar-refractivity contribution is -0.140. The van der Waals surface area contributed by atoms with E-state index in [1.54, 1.807) is 26.8 Å². The Balaban J connectivity index is 4.69. The fourth-order valence-corrected chi connectivity index (χ4v) is 1.11. The zero-order valence-electron chi connectivity index (χ0n) is 8.86. The summed E-state index contributed by atoms with van der Waals surface area (Å²) in [6, 6.07) is 0. The summed E-state index contributed by atoms with van der Waals surface area (Å²) >= 11 is 0. The lowest BCUT2D eigenvalue weighted by Gasteiger charge is -2.32. The smallest absolute Gasteiger partial charge is 0.253 e. The fourth-order valence-electron chi connectivity index (χ4n) is 1.11. The number of aliphatic hydroxyl groups is 1. The minimum atomic E-state index is -0.646. The highest BCUT2D eigenvalue weighted by molar-refractivity contribution is 5.95. The summed E-state index contributed by atoms with van der Waals surface area (Å²) in [6.45, 7) is 5.12. The van der Waals surface area contributed by atoms with Crippen molar-refractivity contribution >= 4 is 12.3 Å². The summed E-state index contributed by atoms with van der Waals surface area (Å²) in [5.74, 6) is -0.360. The number of allylic oxidation sites excluding steroid dienone is 1. The summed E-state index contributed by atoms with van der Waals surface area (Å²) < 4.78 is 0. The van der Waals surface area contributed by atoms with E-state index in [9.17, 15) is 9.59 Å². The molecule has 0 aliphatic rings. The van der Waals surface area contributed by atoms with Crippen molar-refractivity contribution in [1.29, 1.82) is 0 Å². The van der Waals surface area contributed by atoms with Crippen LogP contribution in [-0.2, 0) is 9.59 Å². The van der Waals surface area contributed by atoms with Gasteiger partial charge in [-0.25, -0.2) is 0 Å².